The molecule has 0 aliphatic carbocycles. The number of halogens is 3. The van der Waals surface area contributed by atoms with Gasteiger partial charge >= 0.3 is 6.03 Å². The van der Waals surface area contributed by atoms with Crippen molar-refractivity contribution in [2.24, 2.45) is 5.73 Å². The lowest BCUT2D eigenvalue weighted by Crippen LogP contribution is -2.47. The van der Waals surface area contributed by atoms with Crippen molar-refractivity contribution in [2.75, 3.05) is 57.7 Å². The quantitative estimate of drug-likeness (QED) is 0.191. The second-order valence-electron chi connectivity index (χ2n) is 9.26. The van der Waals surface area contributed by atoms with E-state index in [0.717, 1.165) is 82.9 Å². The van der Waals surface area contributed by atoms with Gasteiger partial charge in [0.15, 0.2) is 11.6 Å². The molecule has 1 aromatic heterocycles. The summed E-state index contributed by atoms with van der Waals surface area (Å²) >= 11 is 0.751. The molecule has 1 aliphatic rings. The summed E-state index contributed by atoms with van der Waals surface area (Å²) in [5.74, 6) is -4.77. The number of anilines is 1. The summed E-state index contributed by atoms with van der Waals surface area (Å²) in [6.07, 6.45) is 5.07. The monoisotopic (exact) mass is 572 g/mol. The van der Waals surface area contributed by atoms with Crippen LogP contribution in [0.15, 0.2) is 12.1 Å². The van der Waals surface area contributed by atoms with Crippen LogP contribution in [0.4, 0.5) is 23.0 Å². The van der Waals surface area contributed by atoms with Gasteiger partial charge in [-0.2, -0.15) is 4.37 Å². The Labute approximate surface area is 229 Å². The number of hydrogen-bond donors (Lipinski definition) is 4. The molecule has 2 heterocycles. The molecule has 0 unspecified atom stereocenters. The van der Waals surface area contributed by atoms with E-state index in [0.29, 0.717) is 18.7 Å². The van der Waals surface area contributed by atoms with Gasteiger partial charge in [0.2, 0.25) is 5.88 Å². The minimum Gasteiger partial charge on any atom is -0.471 e. The summed E-state index contributed by atoms with van der Waals surface area (Å²) in [4.78, 5) is 28.9. The van der Waals surface area contributed by atoms with E-state index in [1.54, 1.807) is 0 Å². The molecular formula is C25H35F3N6O4S. The van der Waals surface area contributed by atoms with Crippen LogP contribution >= 0.6 is 11.5 Å². The molecular weight excluding hydrogens is 537 g/mol. The Kier molecular flexibility index (Phi) is 12.2. The Bertz CT molecular complexity index is 1100. The first-order chi connectivity index (χ1) is 18.8. The zero-order valence-electron chi connectivity index (χ0n) is 21.7. The highest BCUT2D eigenvalue weighted by molar-refractivity contribution is 7.11. The van der Waals surface area contributed by atoms with Crippen molar-refractivity contribution in [3.05, 3.63) is 40.7 Å². The number of primary amides is 1. The highest BCUT2D eigenvalue weighted by Crippen LogP contribution is 2.31. The van der Waals surface area contributed by atoms with Crippen molar-refractivity contribution in [1.29, 1.82) is 0 Å². The van der Waals surface area contributed by atoms with Crippen LogP contribution in [0.25, 0.3) is 0 Å². The van der Waals surface area contributed by atoms with Crippen molar-refractivity contribution >= 4 is 28.5 Å². The van der Waals surface area contributed by atoms with Crippen LogP contribution in [0.3, 0.4) is 0 Å². The lowest BCUT2D eigenvalue weighted by molar-refractivity contribution is 0.0996. The van der Waals surface area contributed by atoms with Crippen molar-refractivity contribution < 1.29 is 32.6 Å². The Morgan fingerprint density at radius 2 is 1.62 bits per heavy atom. The zero-order chi connectivity index (χ0) is 28.2. The molecule has 216 valence electrons. The van der Waals surface area contributed by atoms with Crippen LogP contribution in [-0.2, 0) is 6.61 Å². The van der Waals surface area contributed by atoms with Gasteiger partial charge in [-0.15, -0.1) is 0 Å². The third-order valence-electron chi connectivity index (χ3n) is 6.41. The maximum absolute atomic E-state index is 13.8. The van der Waals surface area contributed by atoms with Crippen LogP contribution < -0.4 is 21.1 Å². The SMILES string of the molecule is NC(=O)c1c(OCc2cc(F)c(F)cc2F)nsc1NC(=O)NCCCCCCCN1CCN(CCO)CC1. The number of nitrogens with zero attached hydrogens (tertiary/aromatic N) is 3. The number of nitrogens with two attached hydrogens (primary N) is 1. The van der Waals surface area contributed by atoms with Gasteiger partial charge in [0.1, 0.15) is 23.0 Å². The molecule has 1 fully saturated rings. The van der Waals surface area contributed by atoms with Crippen molar-refractivity contribution in [1.82, 2.24) is 19.5 Å². The lowest BCUT2D eigenvalue weighted by atomic mass is 10.1. The third kappa shape index (κ3) is 9.64. The number of carbonyl (C=O) groups excluding carboxylic acids is 2. The standard InChI is InChI=1S/C25H35F3N6O4S/c26-18-15-20(28)19(27)14-17(18)16-38-23-21(22(29)36)24(39-32-23)31-25(37)30-6-4-2-1-3-5-7-33-8-10-34(11-9-33)12-13-35/h14-15,35H,1-13,16H2,(H2,29,36)(H2,30,31,37). The molecule has 0 saturated carbocycles. The molecule has 0 bridgehead atoms. The minimum absolute atomic E-state index is 0.0537. The number of amides is 3. The Morgan fingerprint density at radius 1 is 0.974 bits per heavy atom. The van der Waals surface area contributed by atoms with Crippen LogP contribution in [0, 0.1) is 17.5 Å². The van der Waals surface area contributed by atoms with Gasteiger partial charge in [0.05, 0.1) is 6.61 Å². The number of aromatic nitrogens is 1. The van der Waals surface area contributed by atoms with E-state index in [9.17, 15) is 22.8 Å². The van der Waals surface area contributed by atoms with E-state index < -0.39 is 36.0 Å². The van der Waals surface area contributed by atoms with Crippen molar-refractivity contribution in [3.63, 3.8) is 0 Å². The second kappa shape index (κ2) is 15.6. The average Bonchev–Trinajstić information content (AvgIpc) is 3.30. The predicted molar refractivity (Wildman–Crippen MR) is 141 cm³/mol. The van der Waals surface area contributed by atoms with Crippen LogP contribution in [0.1, 0.15) is 48.0 Å². The predicted octanol–water partition coefficient (Wildman–Crippen LogP) is 2.92. The maximum Gasteiger partial charge on any atom is 0.319 e. The molecule has 3 rings (SSSR count). The van der Waals surface area contributed by atoms with Crippen LogP contribution in [0.2, 0.25) is 0 Å². The second-order valence-corrected chi connectivity index (χ2v) is 10.0. The molecule has 0 spiro atoms. The number of rotatable bonds is 15. The molecule has 0 atom stereocenters. The van der Waals surface area contributed by atoms with Gasteiger partial charge in [-0.05, 0) is 37.0 Å². The highest BCUT2D eigenvalue weighted by atomic mass is 32.1. The topological polar surface area (TPSA) is 133 Å². The molecule has 0 radical (unpaired) electrons. The summed E-state index contributed by atoms with van der Waals surface area (Å²) in [6.45, 7) is 6.03. The maximum atomic E-state index is 13.8. The Hall–Kier alpha value is -2.94. The van der Waals surface area contributed by atoms with Crippen molar-refractivity contribution in [3.8, 4) is 5.88 Å². The van der Waals surface area contributed by atoms with Gasteiger partial charge in [-0.1, -0.05) is 19.3 Å². The minimum atomic E-state index is -1.33. The highest BCUT2D eigenvalue weighted by Gasteiger charge is 2.23. The Morgan fingerprint density at radius 3 is 2.31 bits per heavy atom. The summed E-state index contributed by atoms with van der Waals surface area (Å²) in [6, 6.07) is 0.501. The van der Waals surface area contributed by atoms with Gasteiger partial charge < -0.3 is 25.8 Å². The molecule has 14 heteroatoms. The van der Waals surface area contributed by atoms with Gasteiger partial charge in [-0.3, -0.25) is 15.0 Å². The average molecular weight is 573 g/mol. The number of unbranched alkanes of at least 4 members (excludes halogenated alkanes) is 4. The first kappa shape index (κ1) is 30.6. The van der Waals surface area contributed by atoms with Crippen molar-refractivity contribution in [2.45, 2.75) is 38.7 Å². The number of aliphatic hydroxyl groups is 1. The number of β-amino-alcohol motifs (C(OH)–C–C–N with tert-alkyl or cyclic N) is 1. The fraction of sp³-hybridized carbons (Fsp3) is 0.560. The fourth-order valence-electron chi connectivity index (χ4n) is 4.22. The molecule has 5 N–H and O–H groups in total. The molecule has 39 heavy (non-hydrogen) atoms. The number of aliphatic hydroxyl groups excluding tert-OH is 1. The molecule has 2 aromatic rings. The number of urea groups is 1. The zero-order valence-corrected chi connectivity index (χ0v) is 22.5. The fourth-order valence-corrected chi connectivity index (χ4v) is 4.95. The third-order valence-corrected chi connectivity index (χ3v) is 7.15. The van der Waals surface area contributed by atoms with E-state index in [4.69, 9.17) is 15.6 Å². The van der Waals surface area contributed by atoms with E-state index in [-0.39, 0.29) is 28.6 Å². The number of carbonyl (C=O) groups is 2. The van der Waals surface area contributed by atoms with Crippen LogP contribution in [0.5, 0.6) is 5.88 Å². The smallest absolute Gasteiger partial charge is 0.319 e. The summed E-state index contributed by atoms with van der Waals surface area (Å²) in [5, 5.41) is 14.3. The van der Waals surface area contributed by atoms with E-state index >= 15 is 0 Å². The number of piperazine rings is 1. The number of hydrogen-bond acceptors (Lipinski definition) is 8. The summed E-state index contributed by atoms with van der Waals surface area (Å²) < 4.78 is 49.6. The molecule has 1 saturated heterocycles. The lowest BCUT2D eigenvalue weighted by Gasteiger charge is -2.34. The number of ether oxygens (including phenoxy) is 1. The van der Waals surface area contributed by atoms with Gasteiger partial charge in [0.25, 0.3) is 5.91 Å². The number of benzene rings is 1. The number of nitrogens with one attached hydrogen (secondary N) is 2. The summed E-state index contributed by atoms with van der Waals surface area (Å²) in [5.41, 5.74) is 4.92. The van der Waals surface area contributed by atoms with Gasteiger partial charge in [0, 0.05) is 50.9 Å². The Balaban J connectivity index is 1.33. The van der Waals surface area contributed by atoms with Crippen LogP contribution in [-0.4, -0.2) is 83.6 Å². The first-order valence-corrected chi connectivity index (χ1v) is 13.7. The molecule has 1 aromatic carbocycles. The summed E-state index contributed by atoms with van der Waals surface area (Å²) in [7, 11) is 0. The normalized spacial score (nSPS) is 14.4. The van der Waals surface area contributed by atoms with E-state index in [2.05, 4.69) is 24.8 Å². The molecule has 3 amide bonds. The van der Waals surface area contributed by atoms with Gasteiger partial charge in [-0.25, -0.2) is 18.0 Å². The molecule has 10 nitrogen and oxygen atoms in total. The van der Waals surface area contributed by atoms with E-state index in [1.165, 1.54) is 0 Å². The molecule has 1 aliphatic heterocycles. The first-order valence-electron chi connectivity index (χ1n) is 12.9. The largest absolute Gasteiger partial charge is 0.471 e. The van der Waals surface area contributed by atoms with E-state index in [1.807, 2.05) is 0 Å².